The molecule has 3 rings (SSSR count). The van der Waals surface area contributed by atoms with Crippen molar-refractivity contribution in [3.63, 3.8) is 0 Å². The Bertz CT molecular complexity index is 764. The van der Waals surface area contributed by atoms with E-state index in [4.69, 9.17) is 11.6 Å². The Morgan fingerprint density at radius 2 is 1.76 bits per heavy atom. The molecule has 0 spiro atoms. The van der Waals surface area contributed by atoms with Crippen molar-refractivity contribution < 1.29 is 13.6 Å². The maximum absolute atomic E-state index is 13.3. The lowest BCUT2D eigenvalue weighted by Crippen LogP contribution is -2.51. The van der Waals surface area contributed by atoms with Gasteiger partial charge in [-0.15, -0.1) is 0 Å². The highest BCUT2D eigenvalue weighted by atomic mass is 35.5. The Labute approximate surface area is 150 Å². The van der Waals surface area contributed by atoms with E-state index in [2.05, 4.69) is 5.32 Å². The van der Waals surface area contributed by atoms with Gasteiger partial charge in [0.25, 0.3) is 0 Å². The first-order chi connectivity index (χ1) is 12.0. The van der Waals surface area contributed by atoms with Crippen molar-refractivity contribution in [2.45, 2.75) is 6.54 Å². The molecular formula is C18H18ClF2N3O. The van der Waals surface area contributed by atoms with Crippen LogP contribution in [0.5, 0.6) is 0 Å². The summed E-state index contributed by atoms with van der Waals surface area (Å²) in [4.78, 5) is 15.9. The van der Waals surface area contributed by atoms with Gasteiger partial charge in [-0.3, -0.25) is 0 Å². The number of nitrogens with one attached hydrogen (secondary N) is 1. The highest BCUT2D eigenvalue weighted by Gasteiger charge is 2.21. The van der Waals surface area contributed by atoms with E-state index in [0.717, 1.165) is 11.6 Å². The van der Waals surface area contributed by atoms with Crippen LogP contribution in [-0.4, -0.2) is 37.1 Å². The highest BCUT2D eigenvalue weighted by Crippen LogP contribution is 2.20. The van der Waals surface area contributed by atoms with Crippen molar-refractivity contribution in [1.29, 1.82) is 0 Å². The van der Waals surface area contributed by atoms with Crippen LogP contribution in [-0.2, 0) is 6.54 Å². The minimum Gasteiger partial charge on any atom is -0.368 e. The molecule has 1 aliphatic heterocycles. The molecule has 132 valence electrons. The number of hydrogen-bond acceptors (Lipinski definition) is 2. The van der Waals surface area contributed by atoms with Crippen molar-refractivity contribution >= 4 is 23.3 Å². The van der Waals surface area contributed by atoms with Crippen molar-refractivity contribution in [3.8, 4) is 0 Å². The Kier molecular flexibility index (Phi) is 5.38. The zero-order valence-electron chi connectivity index (χ0n) is 13.5. The third-order valence-corrected chi connectivity index (χ3v) is 4.59. The molecular weight excluding hydrogens is 348 g/mol. The first kappa shape index (κ1) is 17.5. The van der Waals surface area contributed by atoms with E-state index in [1.807, 2.05) is 23.1 Å². The first-order valence-corrected chi connectivity index (χ1v) is 8.38. The summed E-state index contributed by atoms with van der Waals surface area (Å²) in [5.74, 6) is -1.72. The quantitative estimate of drug-likeness (QED) is 0.901. The third kappa shape index (κ3) is 4.20. The fourth-order valence-corrected chi connectivity index (χ4v) is 2.98. The van der Waals surface area contributed by atoms with Crippen molar-refractivity contribution in [2.24, 2.45) is 0 Å². The lowest BCUT2D eigenvalue weighted by Gasteiger charge is -2.36. The number of urea groups is 1. The number of piperazine rings is 1. The molecule has 0 aromatic heterocycles. The number of halogens is 3. The van der Waals surface area contributed by atoms with Crippen LogP contribution >= 0.6 is 11.6 Å². The second kappa shape index (κ2) is 7.70. The summed E-state index contributed by atoms with van der Waals surface area (Å²) in [7, 11) is 0. The molecule has 1 heterocycles. The molecule has 1 aliphatic rings. The summed E-state index contributed by atoms with van der Waals surface area (Å²) >= 11 is 6.08. The van der Waals surface area contributed by atoms with Gasteiger partial charge in [-0.2, -0.15) is 0 Å². The van der Waals surface area contributed by atoms with Crippen molar-refractivity contribution in [1.82, 2.24) is 10.2 Å². The second-order valence-electron chi connectivity index (χ2n) is 5.82. The average molecular weight is 366 g/mol. The monoisotopic (exact) mass is 365 g/mol. The van der Waals surface area contributed by atoms with Gasteiger partial charge in [0.15, 0.2) is 11.6 Å². The smallest absolute Gasteiger partial charge is 0.317 e. The van der Waals surface area contributed by atoms with Crippen LogP contribution < -0.4 is 10.2 Å². The van der Waals surface area contributed by atoms with Gasteiger partial charge < -0.3 is 15.1 Å². The van der Waals surface area contributed by atoms with Crippen LogP contribution in [0.25, 0.3) is 0 Å². The molecule has 0 unspecified atom stereocenters. The molecule has 1 fully saturated rings. The van der Waals surface area contributed by atoms with E-state index in [9.17, 15) is 13.6 Å². The molecule has 1 saturated heterocycles. The van der Waals surface area contributed by atoms with Gasteiger partial charge in [-0.1, -0.05) is 29.8 Å². The number of benzene rings is 2. The summed E-state index contributed by atoms with van der Waals surface area (Å²) in [5, 5.41) is 3.47. The molecule has 2 amide bonds. The van der Waals surface area contributed by atoms with Gasteiger partial charge in [-0.25, -0.2) is 13.6 Å². The fraction of sp³-hybridized carbons (Fsp3) is 0.278. The minimum absolute atomic E-state index is 0.162. The summed E-state index contributed by atoms with van der Waals surface area (Å²) in [6.07, 6.45) is 0. The van der Waals surface area contributed by atoms with Crippen molar-refractivity contribution in [3.05, 3.63) is 64.7 Å². The second-order valence-corrected chi connectivity index (χ2v) is 6.23. The molecule has 2 aromatic rings. The number of carbonyl (C=O) groups excluding carboxylic acids is 1. The Morgan fingerprint density at radius 3 is 2.44 bits per heavy atom. The van der Waals surface area contributed by atoms with Gasteiger partial charge >= 0.3 is 6.03 Å². The Balaban J connectivity index is 1.52. The van der Waals surface area contributed by atoms with E-state index in [0.29, 0.717) is 43.4 Å². The molecule has 0 atom stereocenters. The van der Waals surface area contributed by atoms with E-state index in [1.54, 1.807) is 17.0 Å². The topological polar surface area (TPSA) is 35.6 Å². The zero-order chi connectivity index (χ0) is 17.8. The molecule has 0 bridgehead atoms. The number of amides is 2. The van der Waals surface area contributed by atoms with Crippen LogP contribution in [0.1, 0.15) is 5.56 Å². The van der Waals surface area contributed by atoms with E-state index in [-0.39, 0.29) is 6.03 Å². The normalized spacial score (nSPS) is 14.5. The lowest BCUT2D eigenvalue weighted by atomic mass is 10.2. The maximum atomic E-state index is 13.3. The van der Waals surface area contributed by atoms with Crippen LogP contribution in [0.15, 0.2) is 42.5 Å². The van der Waals surface area contributed by atoms with Crippen LogP contribution in [0.4, 0.5) is 19.3 Å². The lowest BCUT2D eigenvalue weighted by molar-refractivity contribution is 0.194. The van der Waals surface area contributed by atoms with E-state index >= 15 is 0 Å². The van der Waals surface area contributed by atoms with Gasteiger partial charge in [-0.05, 0) is 23.8 Å². The predicted molar refractivity (Wildman–Crippen MR) is 93.8 cm³/mol. The van der Waals surface area contributed by atoms with Crippen molar-refractivity contribution in [2.75, 3.05) is 31.1 Å². The summed E-state index contributed by atoms with van der Waals surface area (Å²) in [6.45, 7) is 2.50. The molecule has 2 aromatic carbocycles. The summed E-state index contributed by atoms with van der Waals surface area (Å²) < 4.78 is 26.4. The Hall–Kier alpha value is -2.34. The molecule has 4 nitrogen and oxygen atoms in total. The fourth-order valence-electron chi connectivity index (χ4n) is 2.77. The number of hydrogen-bond donors (Lipinski definition) is 1. The first-order valence-electron chi connectivity index (χ1n) is 8.01. The Morgan fingerprint density at radius 1 is 1.04 bits per heavy atom. The minimum atomic E-state index is -0.864. The van der Waals surface area contributed by atoms with Gasteiger partial charge in [0.05, 0.1) is 0 Å². The largest absolute Gasteiger partial charge is 0.368 e. The molecule has 0 aliphatic carbocycles. The highest BCUT2D eigenvalue weighted by molar-refractivity contribution is 6.31. The van der Waals surface area contributed by atoms with Gasteiger partial charge in [0.2, 0.25) is 0 Å². The van der Waals surface area contributed by atoms with E-state index < -0.39 is 11.6 Å². The number of nitrogens with zero attached hydrogens (tertiary/aromatic N) is 2. The summed E-state index contributed by atoms with van der Waals surface area (Å²) in [6, 6.07) is 11.0. The van der Waals surface area contributed by atoms with Crippen LogP contribution in [0, 0.1) is 11.6 Å². The molecule has 25 heavy (non-hydrogen) atoms. The number of rotatable bonds is 3. The van der Waals surface area contributed by atoms with Gasteiger partial charge in [0.1, 0.15) is 0 Å². The van der Waals surface area contributed by atoms with Crippen LogP contribution in [0.3, 0.4) is 0 Å². The summed E-state index contributed by atoms with van der Waals surface area (Å²) in [5.41, 5.74) is 1.48. The van der Waals surface area contributed by atoms with Gasteiger partial charge in [0, 0.05) is 49.5 Å². The number of carbonyl (C=O) groups is 1. The molecule has 1 N–H and O–H groups in total. The van der Waals surface area contributed by atoms with Crippen LogP contribution in [0.2, 0.25) is 5.02 Å². The molecule has 7 heteroatoms. The average Bonchev–Trinajstić information content (AvgIpc) is 2.63. The predicted octanol–water partition coefficient (Wildman–Crippen LogP) is 3.65. The SMILES string of the molecule is O=C(NCc1ccccc1Cl)N1CCN(c2ccc(F)c(F)c2)CC1. The third-order valence-electron chi connectivity index (χ3n) is 4.22. The molecule has 0 radical (unpaired) electrons. The zero-order valence-corrected chi connectivity index (χ0v) is 14.3. The maximum Gasteiger partial charge on any atom is 0.317 e. The van der Waals surface area contributed by atoms with E-state index in [1.165, 1.54) is 6.07 Å². The molecule has 0 saturated carbocycles. The number of anilines is 1. The standard InChI is InChI=1S/C18H18ClF2N3O/c19-15-4-2-1-3-13(15)12-22-18(25)24-9-7-23(8-10-24)14-5-6-16(20)17(21)11-14/h1-6,11H,7-10,12H2,(H,22,25).